The van der Waals surface area contributed by atoms with Crippen molar-refractivity contribution in [2.24, 2.45) is 7.05 Å². The highest BCUT2D eigenvalue weighted by atomic mass is 16.6. The van der Waals surface area contributed by atoms with Crippen LogP contribution in [0.2, 0.25) is 0 Å². The number of imidazole rings is 1. The fourth-order valence-electron chi connectivity index (χ4n) is 1.43. The highest BCUT2D eigenvalue weighted by molar-refractivity contribution is 5.53. The summed E-state index contributed by atoms with van der Waals surface area (Å²) in [6, 6.07) is 0. The highest BCUT2D eigenvalue weighted by Gasteiger charge is 2.22. The maximum absolute atomic E-state index is 10.8. The van der Waals surface area contributed by atoms with Crippen LogP contribution in [0, 0.1) is 17.0 Å². The molecule has 0 aliphatic rings. The van der Waals surface area contributed by atoms with Crippen LogP contribution >= 0.6 is 0 Å². The molecule has 1 aromatic heterocycles. The van der Waals surface area contributed by atoms with Crippen molar-refractivity contribution in [3.05, 3.63) is 28.6 Å². The zero-order valence-corrected chi connectivity index (χ0v) is 10.7. The van der Waals surface area contributed by atoms with Gasteiger partial charge in [0.05, 0.1) is 13.2 Å². The molecule has 0 unspecified atom stereocenters. The molecule has 0 aromatic carbocycles. The predicted molar refractivity (Wildman–Crippen MR) is 68.7 cm³/mol. The Balaban J connectivity index is 2.51. The second-order valence-corrected chi connectivity index (χ2v) is 3.76. The summed E-state index contributed by atoms with van der Waals surface area (Å²) in [5.41, 5.74) is 0. The number of rotatable bonds is 8. The molecule has 7 heteroatoms. The van der Waals surface area contributed by atoms with Crippen LogP contribution in [-0.2, 0) is 11.8 Å². The minimum atomic E-state index is -0.492. The Hall–Kier alpha value is -1.89. The van der Waals surface area contributed by atoms with E-state index in [-0.39, 0.29) is 5.82 Å². The Kier molecular flexibility index (Phi) is 5.31. The van der Waals surface area contributed by atoms with Gasteiger partial charge in [-0.25, -0.2) is 0 Å². The van der Waals surface area contributed by atoms with Gasteiger partial charge in [0.15, 0.2) is 0 Å². The molecule has 0 spiro atoms. The standard InChI is InChI=1S/C11H18N4O3/c1-4-5-7-18-8-6-12-10-11(15(16)17)13-9(2)14(10)3/h4,12H,1,5-8H2,2-3H3. The van der Waals surface area contributed by atoms with E-state index < -0.39 is 4.92 Å². The van der Waals surface area contributed by atoms with Crippen LogP contribution in [-0.4, -0.2) is 34.2 Å². The van der Waals surface area contributed by atoms with Gasteiger partial charge in [0.25, 0.3) is 0 Å². The summed E-state index contributed by atoms with van der Waals surface area (Å²) in [6.45, 7) is 6.90. The Labute approximate surface area is 106 Å². The van der Waals surface area contributed by atoms with Crippen molar-refractivity contribution in [2.75, 3.05) is 25.1 Å². The van der Waals surface area contributed by atoms with Gasteiger partial charge in [-0.05, 0) is 16.3 Å². The van der Waals surface area contributed by atoms with Crippen molar-refractivity contribution < 1.29 is 9.66 Å². The molecule has 0 atom stereocenters. The molecule has 0 bridgehead atoms. The minimum absolute atomic E-state index is 0.152. The zero-order valence-electron chi connectivity index (χ0n) is 10.7. The van der Waals surface area contributed by atoms with Crippen molar-refractivity contribution in [3.8, 4) is 0 Å². The summed E-state index contributed by atoms with van der Waals surface area (Å²) in [6.07, 6.45) is 2.58. The normalized spacial score (nSPS) is 10.3. The lowest BCUT2D eigenvalue weighted by atomic mass is 10.4. The van der Waals surface area contributed by atoms with Crippen molar-refractivity contribution in [2.45, 2.75) is 13.3 Å². The number of hydrogen-bond donors (Lipinski definition) is 1. The summed E-state index contributed by atoms with van der Waals surface area (Å²) in [5, 5.41) is 13.8. The first kappa shape index (κ1) is 14.2. The first-order chi connectivity index (χ1) is 8.57. The fraction of sp³-hybridized carbons (Fsp3) is 0.545. The third-order valence-corrected chi connectivity index (χ3v) is 2.48. The van der Waals surface area contributed by atoms with E-state index in [9.17, 15) is 10.1 Å². The van der Waals surface area contributed by atoms with Crippen LogP contribution in [0.4, 0.5) is 11.6 Å². The number of hydrogen-bond acceptors (Lipinski definition) is 5. The van der Waals surface area contributed by atoms with E-state index >= 15 is 0 Å². The van der Waals surface area contributed by atoms with E-state index in [1.54, 1.807) is 24.6 Å². The molecule has 0 radical (unpaired) electrons. The summed E-state index contributed by atoms with van der Waals surface area (Å²) >= 11 is 0. The van der Waals surface area contributed by atoms with Gasteiger partial charge in [-0.2, -0.15) is 0 Å². The molecular formula is C11H18N4O3. The van der Waals surface area contributed by atoms with E-state index in [0.717, 1.165) is 6.42 Å². The van der Waals surface area contributed by atoms with Gasteiger partial charge in [0.1, 0.15) is 0 Å². The smallest absolute Gasteiger partial charge is 0.379 e. The van der Waals surface area contributed by atoms with E-state index in [1.165, 1.54) is 0 Å². The SMILES string of the molecule is C=CCCOCCNc1c([N+](=O)[O-])nc(C)n1C. The van der Waals surface area contributed by atoms with Crippen LogP contribution in [0.25, 0.3) is 0 Å². The maximum atomic E-state index is 10.8. The van der Waals surface area contributed by atoms with Gasteiger partial charge in [-0.1, -0.05) is 6.08 Å². The van der Waals surface area contributed by atoms with Crippen molar-refractivity contribution >= 4 is 11.6 Å². The Morgan fingerprint density at radius 1 is 1.61 bits per heavy atom. The van der Waals surface area contributed by atoms with E-state index in [1.807, 2.05) is 0 Å². The Morgan fingerprint density at radius 3 is 2.94 bits per heavy atom. The van der Waals surface area contributed by atoms with Gasteiger partial charge in [-0.15, -0.1) is 6.58 Å². The molecule has 0 saturated carbocycles. The number of nitrogens with one attached hydrogen (secondary N) is 1. The van der Waals surface area contributed by atoms with Gasteiger partial charge < -0.3 is 20.2 Å². The largest absolute Gasteiger partial charge is 0.406 e. The lowest BCUT2D eigenvalue weighted by Crippen LogP contribution is -2.13. The average Bonchev–Trinajstić information content (AvgIpc) is 2.61. The average molecular weight is 254 g/mol. The first-order valence-electron chi connectivity index (χ1n) is 5.68. The second kappa shape index (κ2) is 6.75. The van der Waals surface area contributed by atoms with E-state index in [4.69, 9.17) is 4.74 Å². The summed E-state index contributed by atoms with van der Waals surface area (Å²) in [7, 11) is 1.73. The van der Waals surface area contributed by atoms with Crippen molar-refractivity contribution in [1.29, 1.82) is 0 Å². The molecule has 1 aromatic rings. The van der Waals surface area contributed by atoms with Gasteiger partial charge in [-0.3, -0.25) is 4.57 Å². The molecular weight excluding hydrogens is 236 g/mol. The highest BCUT2D eigenvalue weighted by Crippen LogP contribution is 2.23. The Bertz CT molecular complexity index is 428. The van der Waals surface area contributed by atoms with Crippen LogP contribution in [0.15, 0.2) is 12.7 Å². The van der Waals surface area contributed by atoms with Gasteiger partial charge >= 0.3 is 5.82 Å². The van der Waals surface area contributed by atoms with Crippen LogP contribution < -0.4 is 5.32 Å². The molecule has 0 aliphatic carbocycles. The summed E-state index contributed by atoms with van der Waals surface area (Å²) in [4.78, 5) is 14.2. The molecule has 0 saturated heterocycles. The third kappa shape index (κ3) is 3.56. The maximum Gasteiger partial charge on any atom is 0.406 e. The minimum Gasteiger partial charge on any atom is -0.379 e. The van der Waals surface area contributed by atoms with Crippen LogP contribution in [0.1, 0.15) is 12.2 Å². The quantitative estimate of drug-likeness (QED) is 0.330. The molecule has 0 aliphatic heterocycles. The molecule has 0 fully saturated rings. The first-order valence-corrected chi connectivity index (χ1v) is 5.68. The molecule has 1 rings (SSSR count). The number of ether oxygens (including phenoxy) is 1. The second-order valence-electron chi connectivity index (χ2n) is 3.76. The summed E-state index contributed by atoms with van der Waals surface area (Å²) in [5.74, 6) is 0.850. The molecule has 0 amide bonds. The summed E-state index contributed by atoms with van der Waals surface area (Å²) < 4.78 is 6.96. The number of nitrogens with zero attached hydrogens (tertiary/aromatic N) is 3. The molecule has 1 heterocycles. The molecule has 18 heavy (non-hydrogen) atoms. The monoisotopic (exact) mass is 254 g/mol. The van der Waals surface area contributed by atoms with Crippen molar-refractivity contribution in [3.63, 3.8) is 0 Å². The zero-order chi connectivity index (χ0) is 13.5. The lowest BCUT2D eigenvalue weighted by molar-refractivity contribution is -0.388. The van der Waals surface area contributed by atoms with Gasteiger partial charge in [0, 0.05) is 20.5 Å². The van der Waals surface area contributed by atoms with E-state index in [0.29, 0.717) is 31.4 Å². The fourth-order valence-corrected chi connectivity index (χ4v) is 1.43. The number of anilines is 1. The third-order valence-electron chi connectivity index (χ3n) is 2.48. The Morgan fingerprint density at radius 2 is 2.33 bits per heavy atom. The topological polar surface area (TPSA) is 82.2 Å². The number of aromatic nitrogens is 2. The number of nitro groups is 1. The number of aryl methyl sites for hydroxylation is 1. The van der Waals surface area contributed by atoms with Gasteiger partial charge in [0.2, 0.25) is 11.6 Å². The van der Waals surface area contributed by atoms with Crippen molar-refractivity contribution in [1.82, 2.24) is 9.55 Å². The predicted octanol–water partition coefficient (Wildman–Crippen LogP) is 1.64. The molecule has 1 N–H and O–H groups in total. The lowest BCUT2D eigenvalue weighted by Gasteiger charge is -2.07. The molecule has 7 nitrogen and oxygen atoms in total. The van der Waals surface area contributed by atoms with Crippen LogP contribution in [0.3, 0.4) is 0 Å². The van der Waals surface area contributed by atoms with E-state index in [2.05, 4.69) is 16.9 Å². The van der Waals surface area contributed by atoms with Crippen LogP contribution in [0.5, 0.6) is 0 Å². The molecule has 100 valence electrons.